The van der Waals surface area contributed by atoms with Gasteiger partial charge < -0.3 is 9.84 Å². The number of halogens is 1. The summed E-state index contributed by atoms with van der Waals surface area (Å²) >= 11 is 7.56. The van der Waals surface area contributed by atoms with Crippen LogP contribution in [0.25, 0.3) is 32.2 Å². The van der Waals surface area contributed by atoms with Gasteiger partial charge >= 0.3 is 5.97 Å². The predicted molar refractivity (Wildman–Crippen MR) is 136 cm³/mol. The smallest absolute Gasteiger partial charge is 0.338 e. The van der Waals surface area contributed by atoms with Crippen LogP contribution in [-0.2, 0) is 6.54 Å². The number of nitrogens with zero attached hydrogens (tertiary/aromatic N) is 5. The van der Waals surface area contributed by atoms with Crippen LogP contribution in [0.2, 0.25) is 5.02 Å². The fourth-order valence-electron chi connectivity index (χ4n) is 3.94. The molecule has 0 spiro atoms. The zero-order valence-electron chi connectivity index (χ0n) is 18.7. The average molecular weight is 518 g/mol. The van der Waals surface area contributed by atoms with Crippen LogP contribution in [0, 0.1) is 18.3 Å². The normalized spacial score (nSPS) is 11.0. The Morgan fingerprint density at radius 2 is 2.08 bits per heavy atom. The summed E-state index contributed by atoms with van der Waals surface area (Å²) in [6.45, 7) is 2.09. The van der Waals surface area contributed by atoms with Crippen molar-refractivity contribution in [1.82, 2.24) is 19.5 Å². The van der Waals surface area contributed by atoms with Gasteiger partial charge in [0.15, 0.2) is 0 Å². The lowest BCUT2D eigenvalue weighted by Crippen LogP contribution is -2.26. The number of rotatable bonds is 6. The van der Waals surface area contributed by atoms with E-state index in [-0.39, 0.29) is 30.0 Å². The van der Waals surface area contributed by atoms with Crippen molar-refractivity contribution >= 4 is 50.0 Å². The molecule has 0 fully saturated rings. The number of nitriles is 1. The Labute approximate surface area is 212 Å². The molecule has 0 aliphatic carbocycles. The molecule has 0 radical (unpaired) electrons. The summed E-state index contributed by atoms with van der Waals surface area (Å²) in [6.07, 6.45) is 2.97. The van der Waals surface area contributed by atoms with Crippen molar-refractivity contribution < 1.29 is 14.6 Å². The molecule has 0 saturated carbocycles. The third kappa shape index (κ3) is 4.15. The Morgan fingerprint density at radius 3 is 2.86 bits per heavy atom. The van der Waals surface area contributed by atoms with Crippen LogP contribution < -0.4 is 10.3 Å². The van der Waals surface area contributed by atoms with Crippen LogP contribution in [0.3, 0.4) is 0 Å². The molecule has 1 N–H and O–H groups in total. The molecule has 4 heterocycles. The summed E-state index contributed by atoms with van der Waals surface area (Å²) < 4.78 is 8.27. The van der Waals surface area contributed by atoms with E-state index >= 15 is 0 Å². The highest BCUT2D eigenvalue weighted by molar-refractivity contribution is 7.18. The minimum absolute atomic E-state index is 0.134. The minimum atomic E-state index is -1.05. The zero-order valence-corrected chi connectivity index (χ0v) is 20.3. The lowest BCUT2D eigenvalue weighted by atomic mass is 10.0. The molecule has 0 atom stereocenters. The zero-order chi connectivity index (χ0) is 25.4. The van der Waals surface area contributed by atoms with E-state index in [1.165, 1.54) is 28.2 Å². The quantitative estimate of drug-likeness (QED) is 0.343. The summed E-state index contributed by atoms with van der Waals surface area (Å²) in [5.41, 5.74) is 2.23. The van der Waals surface area contributed by atoms with Crippen LogP contribution in [0.15, 0.2) is 52.9 Å². The molecule has 0 amide bonds. The number of hydrogen-bond acceptors (Lipinski definition) is 8. The number of thiophene rings is 1. The Morgan fingerprint density at radius 1 is 1.25 bits per heavy atom. The molecule has 11 heteroatoms. The number of carbonyl (C=O) groups is 1. The average Bonchev–Trinajstić information content (AvgIpc) is 3.31. The third-order valence-corrected chi connectivity index (χ3v) is 6.87. The fraction of sp³-hybridized carbons (Fsp3) is 0.120. The van der Waals surface area contributed by atoms with Gasteiger partial charge in [0, 0.05) is 27.7 Å². The molecular weight excluding hydrogens is 502 g/mol. The van der Waals surface area contributed by atoms with Gasteiger partial charge in [0.05, 0.1) is 39.4 Å². The van der Waals surface area contributed by atoms with E-state index in [9.17, 15) is 14.7 Å². The highest BCUT2D eigenvalue weighted by Gasteiger charge is 2.18. The van der Waals surface area contributed by atoms with Crippen LogP contribution in [0.4, 0.5) is 0 Å². The Balaban J connectivity index is 1.48. The Bertz CT molecular complexity index is 1770. The first-order valence-corrected chi connectivity index (χ1v) is 11.9. The van der Waals surface area contributed by atoms with E-state index < -0.39 is 5.97 Å². The summed E-state index contributed by atoms with van der Waals surface area (Å²) in [7, 11) is 0. The fourth-order valence-corrected chi connectivity index (χ4v) is 5.14. The van der Waals surface area contributed by atoms with Gasteiger partial charge in [0.2, 0.25) is 0 Å². The maximum Gasteiger partial charge on any atom is 0.338 e. The highest BCUT2D eigenvalue weighted by atomic mass is 35.5. The van der Waals surface area contributed by atoms with Crippen molar-refractivity contribution in [2.75, 3.05) is 6.61 Å². The summed E-state index contributed by atoms with van der Waals surface area (Å²) in [5, 5.41) is 20.9. The van der Waals surface area contributed by atoms with Gasteiger partial charge in [0.1, 0.15) is 29.9 Å². The van der Waals surface area contributed by atoms with Crippen molar-refractivity contribution in [2.24, 2.45) is 0 Å². The largest absolute Gasteiger partial charge is 0.491 e. The number of carboxylic acids is 1. The first-order chi connectivity index (χ1) is 17.4. The number of hydrogen-bond donors (Lipinski definition) is 1. The number of aromatic nitrogens is 4. The molecule has 0 saturated heterocycles. The number of aryl methyl sites for hydroxylation is 1. The maximum atomic E-state index is 13.1. The van der Waals surface area contributed by atoms with Gasteiger partial charge in [-0.2, -0.15) is 5.26 Å². The van der Waals surface area contributed by atoms with E-state index in [2.05, 4.69) is 15.0 Å². The van der Waals surface area contributed by atoms with Crippen molar-refractivity contribution in [1.29, 1.82) is 5.26 Å². The Kier molecular flexibility index (Phi) is 6.10. The van der Waals surface area contributed by atoms with E-state index in [0.29, 0.717) is 43.3 Å². The molecule has 0 aliphatic rings. The molecule has 5 rings (SSSR count). The molecule has 4 aromatic heterocycles. The molecular formula is C25H16ClN5O4S. The molecule has 0 unspecified atom stereocenters. The van der Waals surface area contributed by atoms with Gasteiger partial charge in [-0.3, -0.25) is 14.3 Å². The number of ether oxygens (including phenoxy) is 1. The number of benzene rings is 1. The van der Waals surface area contributed by atoms with Crippen LogP contribution in [0.5, 0.6) is 5.75 Å². The SMILES string of the molecule is Cc1nc2cnc(C#N)cc2c(=O)n1CCOc1ccc(Cl)cc1-c1ccnc2c(C(=O)O)csc12. The predicted octanol–water partition coefficient (Wildman–Crippen LogP) is 4.68. The lowest BCUT2D eigenvalue weighted by Gasteiger charge is -2.15. The molecule has 5 aromatic rings. The summed E-state index contributed by atoms with van der Waals surface area (Å²) in [5.74, 6) is -0.0295. The van der Waals surface area contributed by atoms with Gasteiger partial charge in [-0.15, -0.1) is 11.3 Å². The van der Waals surface area contributed by atoms with Gasteiger partial charge in [0.25, 0.3) is 5.56 Å². The number of pyridine rings is 2. The van der Waals surface area contributed by atoms with Gasteiger partial charge in [-0.05, 0) is 37.3 Å². The minimum Gasteiger partial charge on any atom is -0.491 e. The van der Waals surface area contributed by atoms with E-state index in [1.54, 1.807) is 42.8 Å². The molecule has 36 heavy (non-hydrogen) atoms. The van der Waals surface area contributed by atoms with Gasteiger partial charge in [-0.1, -0.05) is 11.6 Å². The van der Waals surface area contributed by atoms with E-state index in [0.717, 1.165) is 5.56 Å². The summed E-state index contributed by atoms with van der Waals surface area (Å²) in [4.78, 5) is 37.3. The number of fused-ring (bicyclic) bond motifs is 2. The summed E-state index contributed by atoms with van der Waals surface area (Å²) in [6, 6.07) is 10.3. The molecule has 0 aliphatic heterocycles. The molecule has 178 valence electrons. The lowest BCUT2D eigenvalue weighted by molar-refractivity contribution is 0.0699. The second kappa shape index (κ2) is 9.37. The molecule has 9 nitrogen and oxygen atoms in total. The van der Waals surface area contributed by atoms with Crippen molar-refractivity contribution in [3.63, 3.8) is 0 Å². The molecule has 0 bridgehead atoms. The van der Waals surface area contributed by atoms with Crippen molar-refractivity contribution in [3.05, 3.63) is 80.6 Å². The van der Waals surface area contributed by atoms with E-state index in [4.69, 9.17) is 21.6 Å². The molecule has 1 aromatic carbocycles. The van der Waals surface area contributed by atoms with E-state index in [1.807, 2.05) is 6.07 Å². The monoisotopic (exact) mass is 517 g/mol. The van der Waals surface area contributed by atoms with Gasteiger partial charge in [-0.25, -0.2) is 14.8 Å². The number of aromatic carboxylic acids is 1. The number of carboxylic acid groups (broad SMARTS) is 1. The van der Waals surface area contributed by atoms with Crippen LogP contribution in [0.1, 0.15) is 21.9 Å². The first-order valence-electron chi connectivity index (χ1n) is 10.7. The maximum absolute atomic E-state index is 13.1. The standard InChI is InChI=1S/C25H16ClN5O4S/c1-13-30-20-11-29-15(10-27)9-18(20)24(32)31(13)6-7-35-21-3-2-14(26)8-17(21)16-4-5-28-22-19(25(33)34)12-36-23(16)22/h2-5,8-9,11-12H,6-7H2,1H3,(H,33,34). The Hall–Kier alpha value is -4.33. The third-order valence-electron chi connectivity index (χ3n) is 5.63. The topological polar surface area (TPSA) is 131 Å². The van der Waals surface area contributed by atoms with Crippen molar-refractivity contribution in [3.8, 4) is 22.9 Å². The van der Waals surface area contributed by atoms with Crippen LogP contribution in [-0.4, -0.2) is 37.2 Å². The highest BCUT2D eigenvalue weighted by Crippen LogP contribution is 2.39. The second-order valence-corrected chi connectivity index (χ2v) is 9.11. The van der Waals surface area contributed by atoms with Crippen LogP contribution >= 0.6 is 22.9 Å². The second-order valence-electron chi connectivity index (χ2n) is 7.79. The van der Waals surface area contributed by atoms with Crippen molar-refractivity contribution in [2.45, 2.75) is 13.5 Å². The first kappa shape index (κ1) is 23.4.